The molecule has 226 valence electrons. The van der Waals surface area contributed by atoms with E-state index in [0.29, 0.717) is 18.4 Å². The number of allylic oxidation sites excluding steroid dienone is 1. The SMILES string of the molecule is CC(C)(C)[Si](C)(C)OC(CC/C=C/[C@@H]1[C@H]2CC(=O)O[C@H]2C[C@H]1OC(=O)c1ccc(-c2ccccc2)cc1)c1ccccc1. The van der Waals surface area contributed by atoms with Crippen molar-refractivity contribution in [2.45, 2.75) is 82.9 Å². The average molecular weight is 597 g/mol. The monoisotopic (exact) mass is 596 g/mol. The van der Waals surface area contributed by atoms with Crippen LogP contribution in [0.4, 0.5) is 0 Å². The number of fused-ring (bicyclic) bond motifs is 1. The third kappa shape index (κ3) is 7.36. The highest BCUT2D eigenvalue weighted by atomic mass is 28.4. The lowest BCUT2D eigenvalue weighted by molar-refractivity contribution is -0.141. The molecule has 1 saturated carbocycles. The number of carbonyl (C=O) groups excluding carboxylic acids is 2. The van der Waals surface area contributed by atoms with Gasteiger partial charge in [-0.1, -0.05) is 106 Å². The Labute approximate surface area is 257 Å². The minimum atomic E-state index is -1.98. The summed E-state index contributed by atoms with van der Waals surface area (Å²) in [5.41, 5.74) is 3.86. The minimum Gasteiger partial charge on any atom is -0.462 e. The van der Waals surface area contributed by atoms with Crippen molar-refractivity contribution in [2.75, 3.05) is 0 Å². The first-order valence-corrected chi connectivity index (χ1v) is 18.4. The smallest absolute Gasteiger partial charge is 0.338 e. The predicted octanol–water partition coefficient (Wildman–Crippen LogP) is 8.93. The highest BCUT2D eigenvalue weighted by Crippen LogP contribution is 2.44. The van der Waals surface area contributed by atoms with E-state index in [1.165, 1.54) is 5.56 Å². The van der Waals surface area contributed by atoms with Gasteiger partial charge in [-0.05, 0) is 59.8 Å². The van der Waals surface area contributed by atoms with E-state index >= 15 is 0 Å². The molecular formula is C37H44O5Si. The van der Waals surface area contributed by atoms with Gasteiger partial charge in [-0.15, -0.1) is 0 Å². The highest BCUT2D eigenvalue weighted by Gasteiger charge is 2.50. The standard InChI is InChI=1S/C37H44O5Si/c1-37(2,3)43(4,5)42-32(28-16-10-7-11-17-28)19-13-12-18-30-31-24-35(38)40-34(31)25-33(30)41-36(39)29-22-20-27(21-23-29)26-14-8-6-9-15-26/h6-12,14-18,20-23,30-34H,13,19,24-25H2,1-5H3/b18-12+/t30-,31-,32?,33-,34+/m1/s1. The summed E-state index contributed by atoms with van der Waals surface area (Å²) in [5, 5.41) is 0.114. The van der Waals surface area contributed by atoms with Crippen LogP contribution in [0.1, 0.15) is 68.5 Å². The van der Waals surface area contributed by atoms with Crippen LogP contribution >= 0.6 is 0 Å². The van der Waals surface area contributed by atoms with Gasteiger partial charge in [0.15, 0.2) is 8.32 Å². The molecule has 1 unspecified atom stereocenters. The number of rotatable bonds is 10. The molecule has 5 rings (SSSR count). The summed E-state index contributed by atoms with van der Waals surface area (Å²) in [7, 11) is -1.98. The van der Waals surface area contributed by atoms with Gasteiger partial charge in [0.25, 0.3) is 0 Å². The molecule has 5 nitrogen and oxygen atoms in total. The van der Waals surface area contributed by atoms with Crippen LogP contribution in [-0.2, 0) is 18.7 Å². The molecule has 1 aliphatic heterocycles. The minimum absolute atomic E-state index is 0.00643. The lowest BCUT2D eigenvalue weighted by Gasteiger charge is -2.39. The van der Waals surface area contributed by atoms with Crippen molar-refractivity contribution < 1.29 is 23.5 Å². The van der Waals surface area contributed by atoms with E-state index in [1.54, 1.807) is 0 Å². The summed E-state index contributed by atoms with van der Waals surface area (Å²) in [6, 6.07) is 28.1. The molecule has 1 saturated heterocycles. The van der Waals surface area contributed by atoms with Gasteiger partial charge in [-0.25, -0.2) is 4.79 Å². The van der Waals surface area contributed by atoms with Gasteiger partial charge < -0.3 is 13.9 Å². The van der Waals surface area contributed by atoms with Crippen molar-refractivity contribution in [3.63, 3.8) is 0 Å². The Balaban J connectivity index is 1.26. The molecule has 1 aliphatic carbocycles. The zero-order valence-electron chi connectivity index (χ0n) is 26.0. The number of hydrogen-bond donors (Lipinski definition) is 0. The van der Waals surface area contributed by atoms with Crippen LogP contribution in [0.3, 0.4) is 0 Å². The molecule has 0 N–H and O–H groups in total. The second kappa shape index (κ2) is 13.0. The van der Waals surface area contributed by atoms with Crippen molar-refractivity contribution >= 4 is 20.3 Å². The van der Waals surface area contributed by atoms with E-state index in [2.05, 4.69) is 70.3 Å². The maximum atomic E-state index is 13.2. The summed E-state index contributed by atoms with van der Waals surface area (Å²) < 4.78 is 18.6. The van der Waals surface area contributed by atoms with Gasteiger partial charge in [0, 0.05) is 18.3 Å². The van der Waals surface area contributed by atoms with Crippen LogP contribution in [0.5, 0.6) is 0 Å². The fourth-order valence-electron chi connectivity index (χ4n) is 5.92. The van der Waals surface area contributed by atoms with Gasteiger partial charge in [0.05, 0.1) is 18.1 Å². The van der Waals surface area contributed by atoms with Gasteiger partial charge >= 0.3 is 11.9 Å². The van der Waals surface area contributed by atoms with Gasteiger partial charge in [-0.2, -0.15) is 0 Å². The lowest BCUT2D eigenvalue weighted by Crippen LogP contribution is -2.41. The van der Waals surface area contributed by atoms with E-state index in [4.69, 9.17) is 13.9 Å². The first-order chi connectivity index (χ1) is 20.5. The van der Waals surface area contributed by atoms with Crippen LogP contribution in [0.25, 0.3) is 11.1 Å². The van der Waals surface area contributed by atoms with Gasteiger partial charge in [0.1, 0.15) is 12.2 Å². The summed E-state index contributed by atoms with van der Waals surface area (Å²) >= 11 is 0. The number of benzene rings is 3. The molecular weight excluding hydrogens is 552 g/mol. The van der Waals surface area contributed by atoms with Crippen molar-refractivity contribution in [1.82, 2.24) is 0 Å². The van der Waals surface area contributed by atoms with E-state index in [9.17, 15) is 9.59 Å². The third-order valence-corrected chi connectivity index (χ3v) is 13.9. The zero-order chi connectivity index (χ0) is 30.6. The third-order valence-electron chi connectivity index (χ3n) is 9.41. The number of esters is 2. The van der Waals surface area contributed by atoms with E-state index in [-0.39, 0.29) is 47.1 Å². The molecule has 1 heterocycles. The van der Waals surface area contributed by atoms with Crippen LogP contribution in [-0.4, -0.2) is 32.5 Å². The van der Waals surface area contributed by atoms with E-state index in [0.717, 1.165) is 24.0 Å². The average Bonchev–Trinajstić information content (AvgIpc) is 3.50. The van der Waals surface area contributed by atoms with Crippen molar-refractivity contribution in [2.24, 2.45) is 11.8 Å². The normalized spacial score (nSPS) is 22.8. The molecule has 0 spiro atoms. The molecule has 3 aromatic rings. The van der Waals surface area contributed by atoms with Crippen molar-refractivity contribution in [3.05, 3.63) is 108 Å². The lowest BCUT2D eigenvalue weighted by atomic mass is 9.91. The van der Waals surface area contributed by atoms with Crippen LogP contribution < -0.4 is 0 Å². The first kappa shape index (κ1) is 31.0. The molecule has 0 radical (unpaired) electrons. The van der Waals surface area contributed by atoms with Crippen LogP contribution in [0.2, 0.25) is 18.1 Å². The number of carbonyl (C=O) groups is 2. The van der Waals surface area contributed by atoms with Gasteiger partial charge in [-0.3, -0.25) is 4.79 Å². The zero-order valence-corrected chi connectivity index (χ0v) is 27.0. The highest BCUT2D eigenvalue weighted by molar-refractivity contribution is 6.74. The van der Waals surface area contributed by atoms with Crippen molar-refractivity contribution in [3.8, 4) is 11.1 Å². The summed E-state index contributed by atoms with van der Waals surface area (Å²) in [6.45, 7) is 11.4. The molecule has 43 heavy (non-hydrogen) atoms. The molecule has 3 aromatic carbocycles. The Morgan fingerprint density at radius 3 is 2.23 bits per heavy atom. The second-order valence-electron chi connectivity index (χ2n) is 13.4. The first-order valence-electron chi connectivity index (χ1n) is 15.5. The molecule has 6 heteroatoms. The molecule has 5 atom stereocenters. The molecule has 2 aliphatic rings. The largest absolute Gasteiger partial charge is 0.462 e. The summed E-state index contributed by atoms with van der Waals surface area (Å²) in [4.78, 5) is 25.3. The van der Waals surface area contributed by atoms with Crippen LogP contribution in [0.15, 0.2) is 97.1 Å². The predicted molar refractivity (Wildman–Crippen MR) is 173 cm³/mol. The van der Waals surface area contributed by atoms with E-state index in [1.807, 2.05) is 60.7 Å². The Kier molecular flexibility index (Phi) is 9.38. The number of hydrogen-bond acceptors (Lipinski definition) is 5. The Bertz CT molecular complexity index is 1410. The van der Waals surface area contributed by atoms with Crippen molar-refractivity contribution in [1.29, 1.82) is 0 Å². The molecule has 2 fully saturated rings. The Morgan fingerprint density at radius 1 is 0.953 bits per heavy atom. The quantitative estimate of drug-likeness (QED) is 0.133. The van der Waals surface area contributed by atoms with Crippen LogP contribution in [0, 0.1) is 11.8 Å². The topological polar surface area (TPSA) is 61.8 Å². The molecule has 0 aromatic heterocycles. The Morgan fingerprint density at radius 2 is 1.58 bits per heavy atom. The maximum Gasteiger partial charge on any atom is 0.338 e. The fraction of sp³-hybridized carbons (Fsp3) is 0.405. The Hall–Kier alpha value is -3.48. The summed E-state index contributed by atoms with van der Waals surface area (Å²) in [5.74, 6) is -0.557. The second-order valence-corrected chi connectivity index (χ2v) is 18.1. The maximum absolute atomic E-state index is 13.2. The fourth-order valence-corrected chi connectivity index (χ4v) is 7.24. The molecule has 0 bridgehead atoms. The number of ether oxygens (including phenoxy) is 2. The molecule has 0 amide bonds. The van der Waals surface area contributed by atoms with E-state index < -0.39 is 8.32 Å². The summed E-state index contributed by atoms with van der Waals surface area (Å²) in [6.07, 6.45) is 6.34. The van der Waals surface area contributed by atoms with Gasteiger partial charge in [0.2, 0.25) is 0 Å².